The molecule has 0 spiro atoms. The molecule has 0 bridgehead atoms. The van der Waals surface area contributed by atoms with Crippen molar-refractivity contribution in [2.75, 3.05) is 18.0 Å². The number of alkyl halides is 1. The summed E-state index contributed by atoms with van der Waals surface area (Å²) in [6.07, 6.45) is 6.04. The molecule has 0 saturated carbocycles. The zero-order chi connectivity index (χ0) is 11.5. The van der Waals surface area contributed by atoms with Crippen LogP contribution in [0, 0.1) is 5.92 Å². The Kier molecular flexibility index (Phi) is 4.19. The molecule has 5 heteroatoms. The Morgan fingerprint density at radius 2 is 1.88 bits per heavy atom. The number of aromatic nitrogens is 2. The lowest BCUT2D eigenvalue weighted by Crippen LogP contribution is -2.36. The third kappa shape index (κ3) is 2.94. The van der Waals surface area contributed by atoms with Crippen LogP contribution in [0.4, 0.5) is 5.95 Å². The summed E-state index contributed by atoms with van der Waals surface area (Å²) in [6.45, 7) is 4.35. The smallest absolute Gasteiger partial charge is 0.225 e. The molecule has 2 rings (SSSR count). The monoisotopic (exact) mass is 347 g/mol. The van der Waals surface area contributed by atoms with Gasteiger partial charge in [-0.15, -0.1) is 0 Å². The van der Waals surface area contributed by atoms with Crippen LogP contribution in [0.1, 0.15) is 19.8 Å². The van der Waals surface area contributed by atoms with Crippen LogP contribution >= 0.6 is 31.9 Å². The van der Waals surface area contributed by atoms with Gasteiger partial charge in [0.05, 0.1) is 4.47 Å². The molecule has 1 fully saturated rings. The van der Waals surface area contributed by atoms with Crippen LogP contribution in [0.25, 0.3) is 0 Å². The fraction of sp³-hybridized carbons (Fsp3) is 0.636. The highest BCUT2D eigenvalue weighted by Gasteiger charge is 2.23. The zero-order valence-corrected chi connectivity index (χ0v) is 12.4. The molecule has 1 aromatic heterocycles. The second-order valence-corrected chi connectivity index (χ2v) is 6.56. The first kappa shape index (κ1) is 12.3. The summed E-state index contributed by atoms with van der Waals surface area (Å²) in [7, 11) is 0. The molecule has 0 N–H and O–H groups in total. The van der Waals surface area contributed by atoms with Crippen molar-refractivity contribution in [1.82, 2.24) is 9.97 Å². The van der Waals surface area contributed by atoms with E-state index in [0.717, 1.165) is 29.4 Å². The van der Waals surface area contributed by atoms with E-state index in [2.05, 4.69) is 53.7 Å². The molecule has 3 nitrogen and oxygen atoms in total. The first-order chi connectivity index (χ1) is 7.66. The lowest BCUT2D eigenvalue weighted by atomic mass is 9.94. The summed E-state index contributed by atoms with van der Waals surface area (Å²) in [5.74, 6) is 1.63. The average molecular weight is 349 g/mol. The van der Waals surface area contributed by atoms with Crippen LogP contribution in [0.3, 0.4) is 0 Å². The van der Waals surface area contributed by atoms with Gasteiger partial charge in [-0.2, -0.15) is 0 Å². The molecule has 1 saturated heterocycles. The van der Waals surface area contributed by atoms with Crippen molar-refractivity contribution >= 4 is 37.8 Å². The number of nitrogens with zero attached hydrogens (tertiary/aromatic N) is 3. The van der Waals surface area contributed by atoms with E-state index in [1.807, 2.05) is 12.4 Å². The van der Waals surface area contributed by atoms with E-state index < -0.39 is 0 Å². The van der Waals surface area contributed by atoms with Crippen LogP contribution < -0.4 is 4.90 Å². The number of hydrogen-bond donors (Lipinski definition) is 0. The van der Waals surface area contributed by atoms with Crippen LogP contribution in [-0.4, -0.2) is 27.9 Å². The molecule has 1 aliphatic heterocycles. The van der Waals surface area contributed by atoms with Crippen molar-refractivity contribution in [3.05, 3.63) is 16.9 Å². The number of piperidine rings is 1. The van der Waals surface area contributed by atoms with Gasteiger partial charge in [-0.1, -0.05) is 22.9 Å². The zero-order valence-electron chi connectivity index (χ0n) is 9.24. The first-order valence-corrected chi connectivity index (χ1v) is 7.24. The molecule has 0 radical (unpaired) electrons. The maximum atomic E-state index is 4.33. The number of halogens is 2. The van der Waals surface area contributed by atoms with Gasteiger partial charge < -0.3 is 4.90 Å². The maximum absolute atomic E-state index is 4.33. The Morgan fingerprint density at radius 3 is 2.38 bits per heavy atom. The molecule has 88 valence electrons. The van der Waals surface area contributed by atoms with Gasteiger partial charge >= 0.3 is 0 Å². The lowest BCUT2D eigenvalue weighted by Gasteiger charge is -2.33. The van der Waals surface area contributed by atoms with Crippen LogP contribution in [0.15, 0.2) is 16.9 Å². The van der Waals surface area contributed by atoms with Gasteiger partial charge in [0.2, 0.25) is 5.95 Å². The molecule has 16 heavy (non-hydrogen) atoms. The van der Waals surface area contributed by atoms with Gasteiger partial charge in [0.1, 0.15) is 0 Å². The van der Waals surface area contributed by atoms with E-state index in [1.165, 1.54) is 12.8 Å². The molecule has 1 aliphatic rings. The predicted molar refractivity (Wildman–Crippen MR) is 73.1 cm³/mol. The van der Waals surface area contributed by atoms with Gasteiger partial charge in [-0.25, -0.2) is 9.97 Å². The molecule has 0 amide bonds. The molecular weight excluding hydrogens is 334 g/mol. The van der Waals surface area contributed by atoms with Crippen molar-refractivity contribution in [1.29, 1.82) is 0 Å². The minimum Gasteiger partial charge on any atom is -0.341 e. The molecule has 1 atom stereocenters. The Bertz CT molecular complexity index is 332. The number of rotatable bonds is 2. The van der Waals surface area contributed by atoms with Gasteiger partial charge in [0, 0.05) is 30.3 Å². The van der Waals surface area contributed by atoms with E-state index >= 15 is 0 Å². The Labute approximate surface area is 113 Å². The van der Waals surface area contributed by atoms with Crippen molar-refractivity contribution in [3.63, 3.8) is 0 Å². The van der Waals surface area contributed by atoms with E-state index in [0.29, 0.717) is 4.83 Å². The summed E-state index contributed by atoms with van der Waals surface area (Å²) in [5, 5.41) is 0. The van der Waals surface area contributed by atoms with E-state index in [1.54, 1.807) is 0 Å². The second kappa shape index (κ2) is 5.45. The van der Waals surface area contributed by atoms with Crippen molar-refractivity contribution in [2.45, 2.75) is 24.6 Å². The molecule has 2 heterocycles. The van der Waals surface area contributed by atoms with Crippen LogP contribution in [-0.2, 0) is 0 Å². The molecule has 0 aromatic carbocycles. The highest BCUT2D eigenvalue weighted by Crippen LogP contribution is 2.26. The molecule has 0 aliphatic carbocycles. The Balaban J connectivity index is 1.96. The number of anilines is 1. The lowest BCUT2D eigenvalue weighted by molar-refractivity contribution is 0.404. The standard InChI is InChI=1S/C11H15Br2N3/c1-8(12)9-2-4-16(5-3-9)11-14-6-10(13)7-15-11/h6-9H,2-5H2,1H3. The summed E-state index contributed by atoms with van der Waals surface area (Å²) >= 11 is 7.01. The largest absolute Gasteiger partial charge is 0.341 e. The minimum atomic E-state index is 0.612. The summed E-state index contributed by atoms with van der Waals surface area (Å²) < 4.78 is 0.931. The minimum absolute atomic E-state index is 0.612. The quantitative estimate of drug-likeness (QED) is 0.768. The van der Waals surface area contributed by atoms with Crippen molar-refractivity contribution < 1.29 is 0 Å². The molecule has 1 unspecified atom stereocenters. The van der Waals surface area contributed by atoms with Crippen LogP contribution in [0.5, 0.6) is 0 Å². The second-order valence-electron chi connectivity index (χ2n) is 4.20. The van der Waals surface area contributed by atoms with Crippen LogP contribution in [0.2, 0.25) is 0 Å². The SMILES string of the molecule is CC(Br)C1CCN(c2ncc(Br)cn2)CC1. The van der Waals surface area contributed by atoms with Crippen molar-refractivity contribution in [2.24, 2.45) is 5.92 Å². The molecular formula is C11H15Br2N3. The van der Waals surface area contributed by atoms with Gasteiger partial charge in [-0.3, -0.25) is 0 Å². The maximum Gasteiger partial charge on any atom is 0.225 e. The third-order valence-electron chi connectivity index (χ3n) is 3.08. The first-order valence-electron chi connectivity index (χ1n) is 5.53. The predicted octanol–water partition coefficient (Wildman–Crippen LogP) is 3.24. The van der Waals surface area contributed by atoms with Gasteiger partial charge in [0.25, 0.3) is 0 Å². The summed E-state index contributed by atoms with van der Waals surface area (Å²) in [5.41, 5.74) is 0. The third-order valence-corrected chi connectivity index (χ3v) is 4.24. The summed E-state index contributed by atoms with van der Waals surface area (Å²) in [4.78, 5) is 11.5. The van der Waals surface area contributed by atoms with Gasteiger partial charge in [-0.05, 0) is 34.7 Å². The van der Waals surface area contributed by atoms with E-state index in [-0.39, 0.29) is 0 Å². The highest BCUT2D eigenvalue weighted by atomic mass is 79.9. The van der Waals surface area contributed by atoms with Gasteiger partial charge in [0.15, 0.2) is 0 Å². The highest BCUT2D eigenvalue weighted by molar-refractivity contribution is 9.10. The average Bonchev–Trinajstić information content (AvgIpc) is 2.30. The number of hydrogen-bond acceptors (Lipinski definition) is 3. The summed E-state index contributed by atoms with van der Waals surface area (Å²) in [6, 6.07) is 0. The topological polar surface area (TPSA) is 29.0 Å². The van der Waals surface area contributed by atoms with Crippen molar-refractivity contribution in [3.8, 4) is 0 Å². The Morgan fingerprint density at radius 1 is 1.31 bits per heavy atom. The molecule has 1 aromatic rings. The van der Waals surface area contributed by atoms with E-state index in [9.17, 15) is 0 Å². The fourth-order valence-corrected chi connectivity index (χ4v) is 2.76. The van der Waals surface area contributed by atoms with E-state index in [4.69, 9.17) is 0 Å². The fourth-order valence-electron chi connectivity index (χ4n) is 2.03. The Hall–Kier alpha value is -0.160. The normalized spacial score (nSPS) is 19.8.